The Morgan fingerprint density at radius 2 is 1.91 bits per heavy atom. The van der Waals surface area contributed by atoms with Gasteiger partial charge in [0, 0.05) is 25.9 Å². The molecule has 5 nitrogen and oxygen atoms in total. The SMILES string of the molecule is CN=C(NCCCS(C)(=O)=O)NC(C)CCc1ccccc1.I. The van der Waals surface area contributed by atoms with E-state index in [1.807, 2.05) is 6.07 Å². The molecule has 7 heteroatoms. The van der Waals surface area contributed by atoms with Crippen LogP contribution >= 0.6 is 24.0 Å². The van der Waals surface area contributed by atoms with E-state index in [1.165, 1.54) is 11.8 Å². The van der Waals surface area contributed by atoms with Crippen molar-refractivity contribution < 1.29 is 8.42 Å². The van der Waals surface area contributed by atoms with Gasteiger partial charge in [-0.25, -0.2) is 8.42 Å². The van der Waals surface area contributed by atoms with Gasteiger partial charge in [0.1, 0.15) is 9.84 Å². The van der Waals surface area contributed by atoms with Gasteiger partial charge in [0.05, 0.1) is 5.75 Å². The third kappa shape index (κ3) is 11.4. The van der Waals surface area contributed by atoms with E-state index in [-0.39, 0.29) is 29.7 Å². The normalized spacial score (nSPS) is 13.1. The second-order valence-corrected chi connectivity index (χ2v) is 7.81. The van der Waals surface area contributed by atoms with Crippen LogP contribution in [0, 0.1) is 0 Å². The van der Waals surface area contributed by atoms with E-state index in [4.69, 9.17) is 0 Å². The summed E-state index contributed by atoms with van der Waals surface area (Å²) >= 11 is 0. The summed E-state index contributed by atoms with van der Waals surface area (Å²) in [6.45, 7) is 2.71. The highest BCUT2D eigenvalue weighted by molar-refractivity contribution is 14.0. The van der Waals surface area contributed by atoms with E-state index in [1.54, 1.807) is 7.05 Å². The van der Waals surface area contributed by atoms with Crippen LogP contribution in [0.25, 0.3) is 0 Å². The van der Waals surface area contributed by atoms with Crippen molar-refractivity contribution in [3.63, 3.8) is 0 Å². The van der Waals surface area contributed by atoms with Gasteiger partial charge in [-0.05, 0) is 31.7 Å². The maximum atomic E-state index is 11.1. The van der Waals surface area contributed by atoms with Crippen LogP contribution in [0.15, 0.2) is 35.3 Å². The van der Waals surface area contributed by atoms with Crippen LogP contribution in [-0.4, -0.2) is 46.0 Å². The fourth-order valence-corrected chi connectivity index (χ4v) is 2.74. The van der Waals surface area contributed by atoms with Crippen LogP contribution in [0.1, 0.15) is 25.3 Å². The average Bonchev–Trinajstić information content (AvgIpc) is 2.48. The van der Waals surface area contributed by atoms with Gasteiger partial charge in [0.2, 0.25) is 0 Å². The number of nitrogens with zero attached hydrogens (tertiary/aromatic N) is 1. The fraction of sp³-hybridized carbons (Fsp3) is 0.562. The number of aliphatic imine (C=N–C) groups is 1. The topological polar surface area (TPSA) is 70.6 Å². The average molecular weight is 453 g/mol. The quantitative estimate of drug-likeness (QED) is 0.274. The Hall–Kier alpha value is -0.830. The number of guanidine groups is 1. The molecule has 1 aromatic carbocycles. The smallest absolute Gasteiger partial charge is 0.191 e. The lowest BCUT2D eigenvalue weighted by atomic mass is 10.1. The standard InChI is InChI=1S/C16H27N3O2S.HI/c1-14(10-11-15-8-5-4-6-9-15)19-16(17-2)18-12-7-13-22(3,20)21;/h4-6,8-9,14H,7,10-13H2,1-3H3,(H2,17,18,19);1H. The van der Waals surface area contributed by atoms with Crippen LogP contribution in [0.5, 0.6) is 0 Å². The molecule has 0 saturated carbocycles. The molecule has 0 aliphatic rings. The Labute approximate surface area is 157 Å². The van der Waals surface area contributed by atoms with Crippen LogP contribution in [0.3, 0.4) is 0 Å². The van der Waals surface area contributed by atoms with E-state index in [0.717, 1.165) is 12.8 Å². The van der Waals surface area contributed by atoms with E-state index >= 15 is 0 Å². The molecule has 1 aromatic rings. The Bertz CT molecular complexity index is 562. The van der Waals surface area contributed by atoms with Crippen LogP contribution < -0.4 is 10.6 Å². The minimum absolute atomic E-state index is 0. The highest BCUT2D eigenvalue weighted by atomic mass is 127. The molecule has 2 N–H and O–H groups in total. The number of nitrogens with one attached hydrogen (secondary N) is 2. The Morgan fingerprint density at radius 3 is 2.48 bits per heavy atom. The molecule has 0 amide bonds. The van der Waals surface area contributed by atoms with Gasteiger partial charge >= 0.3 is 0 Å². The molecule has 0 saturated heterocycles. The van der Waals surface area contributed by atoms with Gasteiger partial charge in [0.25, 0.3) is 0 Å². The molecule has 0 bridgehead atoms. The molecule has 1 unspecified atom stereocenters. The van der Waals surface area contributed by atoms with Crippen molar-refractivity contribution in [2.75, 3.05) is 25.6 Å². The van der Waals surface area contributed by atoms with E-state index in [0.29, 0.717) is 25.0 Å². The molecule has 0 aliphatic carbocycles. The van der Waals surface area contributed by atoms with Gasteiger partial charge < -0.3 is 10.6 Å². The molecule has 0 aliphatic heterocycles. The zero-order chi connectivity index (χ0) is 16.4. The van der Waals surface area contributed by atoms with E-state index < -0.39 is 9.84 Å². The van der Waals surface area contributed by atoms with Crippen LogP contribution in [-0.2, 0) is 16.3 Å². The van der Waals surface area contributed by atoms with Gasteiger partial charge in [-0.1, -0.05) is 30.3 Å². The molecular weight excluding hydrogens is 425 g/mol. The van der Waals surface area contributed by atoms with Crippen LogP contribution in [0.2, 0.25) is 0 Å². The zero-order valence-corrected chi connectivity index (χ0v) is 17.2. The Morgan fingerprint density at radius 1 is 1.26 bits per heavy atom. The first-order valence-electron chi connectivity index (χ1n) is 7.59. The number of sulfone groups is 1. The van der Waals surface area contributed by atoms with Crippen molar-refractivity contribution in [2.24, 2.45) is 4.99 Å². The summed E-state index contributed by atoms with van der Waals surface area (Å²) in [7, 11) is -1.17. The maximum absolute atomic E-state index is 11.1. The Balaban J connectivity index is 0.00000484. The van der Waals surface area contributed by atoms with Gasteiger partial charge in [-0.3, -0.25) is 4.99 Å². The summed E-state index contributed by atoms with van der Waals surface area (Å²) in [4.78, 5) is 4.16. The van der Waals surface area contributed by atoms with Gasteiger partial charge in [-0.15, -0.1) is 24.0 Å². The molecule has 0 heterocycles. The van der Waals surface area contributed by atoms with Crippen molar-refractivity contribution in [3.05, 3.63) is 35.9 Å². The van der Waals surface area contributed by atoms with Crippen molar-refractivity contribution in [3.8, 4) is 0 Å². The highest BCUT2D eigenvalue weighted by Gasteiger charge is 2.06. The first kappa shape index (κ1) is 22.2. The minimum Gasteiger partial charge on any atom is -0.356 e. The van der Waals surface area contributed by atoms with Crippen molar-refractivity contribution >= 4 is 39.8 Å². The highest BCUT2D eigenvalue weighted by Crippen LogP contribution is 2.04. The summed E-state index contributed by atoms with van der Waals surface area (Å²) in [6, 6.07) is 10.7. The molecule has 0 fully saturated rings. The number of hydrogen-bond donors (Lipinski definition) is 2. The predicted molar refractivity (Wildman–Crippen MR) is 108 cm³/mol. The number of rotatable bonds is 8. The van der Waals surface area contributed by atoms with Crippen LogP contribution in [0.4, 0.5) is 0 Å². The number of halogens is 1. The molecule has 0 aromatic heterocycles. The first-order valence-corrected chi connectivity index (χ1v) is 9.65. The molecule has 0 radical (unpaired) electrons. The Kier molecular flexibility index (Phi) is 11.2. The number of aryl methyl sites for hydroxylation is 1. The first-order chi connectivity index (χ1) is 10.4. The molecule has 132 valence electrons. The lowest BCUT2D eigenvalue weighted by Gasteiger charge is -2.18. The lowest BCUT2D eigenvalue weighted by Crippen LogP contribution is -2.42. The largest absolute Gasteiger partial charge is 0.356 e. The van der Waals surface area contributed by atoms with Gasteiger partial charge in [-0.2, -0.15) is 0 Å². The number of benzene rings is 1. The van der Waals surface area contributed by atoms with Crippen molar-refractivity contribution in [2.45, 2.75) is 32.2 Å². The molecule has 0 spiro atoms. The van der Waals surface area contributed by atoms with Crippen molar-refractivity contribution in [1.82, 2.24) is 10.6 Å². The summed E-state index contributed by atoms with van der Waals surface area (Å²) in [5.41, 5.74) is 1.33. The van der Waals surface area contributed by atoms with Crippen molar-refractivity contribution in [1.29, 1.82) is 0 Å². The second kappa shape index (κ2) is 11.7. The number of hydrogen-bond acceptors (Lipinski definition) is 3. The monoisotopic (exact) mass is 453 g/mol. The van der Waals surface area contributed by atoms with Gasteiger partial charge in [0.15, 0.2) is 5.96 Å². The minimum atomic E-state index is -2.89. The summed E-state index contributed by atoms with van der Waals surface area (Å²) in [5, 5.41) is 6.47. The predicted octanol–water partition coefficient (Wildman–Crippen LogP) is 2.23. The summed E-state index contributed by atoms with van der Waals surface area (Å²) in [6.07, 6.45) is 3.86. The summed E-state index contributed by atoms with van der Waals surface area (Å²) < 4.78 is 22.1. The van der Waals surface area contributed by atoms with E-state index in [9.17, 15) is 8.42 Å². The maximum Gasteiger partial charge on any atom is 0.191 e. The third-order valence-corrected chi connectivity index (χ3v) is 4.33. The fourth-order valence-electron chi connectivity index (χ4n) is 2.07. The third-order valence-electron chi connectivity index (χ3n) is 3.30. The summed E-state index contributed by atoms with van der Waals surface area (Å²) in [5.74, 6) is 0.912. The molecular formula is C16H28IN3O2S. The molecule has 1 rings (SSSR count). The van der Waals surface area contributed by atoms with E-state index in [2.05, 4.69) is 46.8 Å². The molecule has 23 heavy (non-hydrogen) atoms. The lowest BCUT2D eigenvalue weighted by molar-refractivity contribution is 0.588. The molecule has 1 atom stereocenters. The zero-order valence-electron chi connectivity index (χ0n) is 14.1. The second-order valence-electron chi connectivity index (χ2n) is 5.55.